The van der Waals surface area contributed by atoms with Gasteiger partial charge in [0.25, 0.3) is 5.91 Å². The number of hydrogen-bond donors (Lipinski definition) is 0. The van der Waals surface area contributed by atoms with Crippen LogP contribution in [0, 0.1) is 23.3 Å². The molecular formula is C19H15F4NO4S. The third kappa shape index (κ3) is 4.89. The number of hydrogen-bond acceptors (Lipinski definition) is 4. The van der Waals surface area contributed by atoms with Gasteiger partial charge in [0, 0.05) is 22.8 Å². The van der Waals surface area contributed by atoms with Gasteiger partial charge in [0.1, 0.15) is 0 Å². The van der Waals surface area contributed by atoms with Crippen molar-refractivity contribution in [2.24, 2.45) is 4.36 Å². The zero-order valence-electron chi connectivity index (χ0n) is 15.2. The second-order valence-corrected chi connectivity index (χ2v) is 7.90. The minimum Gasteiger partial charge on any atom is -0.463 e. The Labute approximate surface area is 164 Å². The number of esters is 1. The van der Waals surface area contributed by atoms with Gasteiger partial charge in [-0.2, -0.15) is 4.36 Å². The summed E-state index contributed by atoms with van der Waals surface area (Å²) < 4.78 is 76.5. The first-order valence-corrected chi connectivity index (χ1v) is 10.0. The number of rotatable bonds is 5. The molecule has 0 aliphatic rings. The van der Waals surface area contributed by atoms with Crippen LogP contribution in [0.5, 0.6) is 0 Å². The monoisotopic (exact) mass is 429 g/mol. The molecule has 2 aromatic rings. The minimum absolute atomic E-state index is 0.0338. The van der Waals surface area contributed by atoms with Gasteiger partial charge in [-0.05, 0) is 25.1 Å². The summed E-state index contributed by atoms with van der Waals surface area (Å²) in [5, 5.41) is 0. The fourth-order valence-corrected chi connectivity index (χ4v) is 3.46. The van der Waals surface area contributed by atoms with E-state index in [1.54, 1.807) is 6.07 Å². The maximum absolute atomic E-state index is 14.3. The predicted molar refractivity (Wildman–Crippen MR) is 97.5 cm³/mol. The normalized spacial score (nSPS) is 13.2. The zero-order valence-corrected chi connectivity index (χ0v) is 16.1. The molecule has 10 heteroatoms. The first kappa shape index (κ1) is 22.3. The van der Waals surface area contributed by atoms with Gasteiger partial charge in [0.15, 0.2) is 23.3 Å². The standard InChI is InChI=1S/C19H15F4NO4S/c1-3-28-13(25)10-9-12-14(16(21)18(23)17(22)15(12)20)19(26)24-29(2,27)11-7-5-4-6-8-11/h4-10H,3H2,1-2H3/b10-9+. The molecule has 1 amide bonds. The van der Waals surface area contributed by atoms with Gasteiger partial charge in [-0.3, -0.25) is 4.79 Å². The van der Waals surface area contributed by atoms with Crippen molar-refractivity contribution < 1.29 is 36.1 Å². The van der Waals surface area contributed by atoms with Crippen LogP contribution >= 0.6 is 0 Å². The van der Waals surface area contributed by atoms with Gasteiger partial charge < -0.3 is 4.74 Å². The molecule has 0 bridgehead atoms. The average Bonchev–Trinajstić information content (AvgIpc) is 2.68. The van der Waals surface area contributed by atoms with Crippen molar-refractivity contribution in [2.45, 2.75) is 11.8 Å². The summed E-state index contributed by atoms with van der Waals surface area (Å²) in [4.78, 5) is 24.0. The maximum Gasteiger partial charge on any atom is 0.330 e. The van der Waals surface area contributed by atoms with Gasteiger partial charge in [-0.1, -0.05) is 18.2 Å². The quantitative estimate of drug-likeness (QED) is 0.236. The zero-order chi connectivity index (χ0) is 21.8. The smallest absolute Gasteiger partial charge is 0.330 e. The summed E-state index contributed by atoms with van der Waals surface area (Å²) >= 11 is 0. The number of carbonyl (C=O) groups is 2. The van der Waals surface area contributed by atoms with Crippen LogP contribution in [0.15, 0.2) is 45.7 Å². The van der Waals surface area contributed by atoms with Crippen LogP contribution in [0.4, 0.5) is 17.6 Å². The molecular weight excluding hydrogens is 414 g/mol. The second kappa shape index (κ2) is 8.99. The maximum atomic E-state index is 14.3. The molecule has 0 spiro atoms. The number of ether oxygens (including phenoxy) is 1. The van der Waals surface area contributed by atoms with Crippen LogP contribution < -0.4 is 0 Å². The molecule has 1 unspecified atom stereocenters. The van der Waals surface area contributed by atoms with Crippen molar-refractivity contribution in [1.82, 2.24) is 0 Å². The van der Waals surface area contributed by atoms with E-state index >= 15 is 0 Å². The summed E-state index contributed by atoms with van der Waals surface area (Å²) in [5.74, 6) is -10.9. The summed E-state index contributed by atoms with van der Waals surface area (Å²) in [6.45, 7) is 1.45. The largest absolute Gasteiger partial charge is 0.463 e. The summed E-state index contributed by atoms with van der Waals surface area (Å²) in [6, 6.07) is 7.43. The highest BCUT2D eigenvalue weighted by molar-refractivity contribution is 7.93. The van der Waals surface area contributed by atoms with Crippen LogP contribution in [0.1, 0.15) is 22.8 Å². The lowest BCUT2D eigenvalue weighted by Gasteiger charge is -2.09. The molecule has 0 aromatic heterocycles. The molecule has 1 atom stereocenters. The van der Waals surface area contributed by atoms with E-state index in [1.807, 2.05) is 0 Å². The van der Waals surface area contributed by atoms with Crippen molar-refractivity contribution >= 4 is 27.7 Å². The summed E-state index contributed by atoms with van der Waals surface area (Å²) in [7, 11) is -3.41. The molecule has 0 radical (unpaired) electrons. The van der Waals surface area contributed by atoms with Crippen molar-refractivity contribution in [3.63, 3.8) is 0 Å². The van der Waals surface area contributed by atoms with Crippen LogP contribution in [0.25, 0.3) is 6.08 Å². The Bertz CT molecular complexity index is 1110. The lowest BCUT2D eigenvalue weighted by molar-refractivity contribution is -0.137. The fraction of sp³-hybridized carbons (Fsp3) is 0.158. The van der Waals surface area contributed by atoms with Crippen molar-refractivity contribution in [1.29, 1.82) is 0 Å². The van der Waals surface area contributed by atoms with E-state index in [-0.39, 0.29) is 11.5 Å². The summed E-state index contributed by atoms with van der Waals surface area (Å²) in [6.07, 6.45) is 2.24. The first-order valence-electron chi connectivity index (χ1n) is 8.12. The Hall–Kier alpha value is -3.01. The lowest BCUT2D eigenvalue weighted by Crippen LogP contribution is -2.13. The SMILES string of the molecule is CCOC(=O)/C=C/c1c(F)c(F)c(F)c(F)c1C(=O)N=S(C)(=O)c1ccccc1. The van der Waals surface area contributed by atoms with Crippen molar-refractivity contribution in [3.05, 3.63) is 70.8 Å². The third-order valence-electron chi connectivity index (χ3n) is 3.63. The molecule has 0 saturated carbocycles. The molecule has 2 aromatic carbocycles. The highest BCUT2D eigenvalue weighted by Crippen LogP contribution is 2.27. The van der Waals surface area contributed by atoms with Crippen molar-refractivity contribution in [3.8, 4) is 0 Å². The summed E-state index contributed by atoms with van der Waals surface area (Å²) in [5.41, 5.74) is -2.36. The van der Waals surface area contributed by atoms with Crippen LogP contribution in [0.2, 0.25) is 0 Å². The van der Waals surface area contributed by atoms with E-state index < -0.39 is 56.0 Å². The van der Waals surface area contributed by atoms with Crippen LogP contribution in [-0.4, -0.2) is 28.9 Å². The molecule has 0 saturated heterocycles. The van der Waals surface area contributed by atoms with Gasteiger partial charge in [-0.25, -0.2) is 26.6 Å². The first-order chi connectivity index (χ1) is 13.6. The van der Waals surface area contributed by atoms with Gasteiger partial charge in [-0.15, -0.1) is 0 Å². The number of carbonyl (C=O) groups excluding carboxylic acids is 2. The number of nitrogens with zero attached hydrogens (tertiary/aromatic N) is 1. The Kier molecular flexibility index (Phi) is 6.91. The molecule has 0 N–H and O–H groups in total. The molecule has 29 heavy (non-hydrogen) atoms. The lowest BCUT2D eigenvalue weighted by atomic mass is 10.0. The Morgan fingerprint density at radius 1 is 1.03 bits per heavy atom. The minimum atomic E-state index is -3.41. The third-order valence-corrected chi connectivity index (χ3v) is 5.29. The van der Waals surface area contributed by atoms with E-state index in [9.17, 15) is 31.4 Å². The number of amides is 1. The van der Waals surface area contributed by atoms with E-state index in [0.717, 1.165) is 6.26 Å². The molecule has 0 aliphatic heterocycles. The Balaban J connectivity index is 2.68. The second-order valence-electron chi connectivity index (χ2n) is 5.64. The molecule has 2 rings (SSSR count). The van der Waals surface area contributed by atoms with Gasteiger partial charge >= 0.3 is 5.97 Å². The van der Waals surface area contributed by atoms with E-state index in [0.29, 0.717) is 12.2 Å². The van der Waals surface area contributed by atoms with Gasteiger partial charge in [0.2, 0.25) is 0 Å². The molecule has 0 fully saturated rings. The van der Waals surface area contributed by atoms with Crippen molar-refractivity contribution in [2.75, 3.05) is 12.9 Å². The van der Waals surface area contributed by atoms with E-state index in [2.05, 4.69) is 9.10 Å². The fourth-order valence-electron chi connectivity index (χ4n) is 2.29. The Morgan fingerprint density at radius 2 is 1.62 bits per heavy atom. The highest BCUT2D eigenvalue weighted by atomic mass is 32.2. The van der Waals surface area contributed by atoms with Gasteiger partial charge in [0.05, 0.1) is 21.9 Å². The molecule has 0 heterocycles. The van der Waals surface area contributed by atoms with Crippen LogP contribution in [0.3, 0.4) is 0 Å². The molecule has 5 nitrogen and oxygen atoms in total. The predicted octanol–water partition coefficient (Wildman–Crippen LogP) is 4.12. The van der Waals surface area contributed by atoms with Crippen LogP contribution in [-0.2, 0) is 19.3 Å². The van der Waals surface area contributed by atoms with E-state index in [1.165, 1.54) is 31.2 Å². The molecule has 0 aliphatic carbocycles. The Morgan fingerprint density at radius 3 is 2.21 bits per heavy atom. The van der Waals surface area contributed by atoms with E-state index in [4.69, 9.17) is 0 Å². The number of benzene rings is 2. The topological polar surface area (TPSA) is 72.8 Å². The number of halogens is 4. The highest BCUT2D eigenvalue weighted by Gasteiger charge is 2.29. The molecule has 154 valence electrons. The average molecular weight is 429 g/mol.